The van der Waals surface area contributed by atoms with Gasteiger partial charge in [0.05, 0.1) is 11.5 Å². The number of hydrogen-bond acceptors (Lipinski definition) is 4. The van der Waals surface area contributed by atoms with Gasteiger partial charge in [0.25, 0.3) is 5.69 Å². The topological polar surface area (TPSA) is 84.3 Å². The Morgan fingerprint density at radius 3 is 2.65 bits per heavy atom. The fraction of sp³-hybridized carbons (Fsp3) is 0.462. The highest BCUT2D eigenvalue weighted by atomic mass is 79.9. The molecule has 1 aromatic carbocycles. The number of aryl methyl sites for hydroxylation is 1. The van der Waals surface area contributed by atoms with Crippen molar-refractivity contribution in [2.75, 3.05) is 18.4 Å². The summed E-state index contributed by atoms with van der Waals surface area (Å²) in [6, 6.07) is 3.08. The Labute approximate surface area is 126 Å². The van der Waals surface area contributed by atoms with Gasteiger partial charge >= 0.3 is 0 Å². The molecule has 0 fully saturated rings. The lowest BCUT2D eigenvalue weighted by Gasteiger charge is -2.11. The summed E-state index contributed by atoms with van der Waals surface area (Å²) in [5.74, 6) is 0.286. The zero-order valence-corrected chi connectivity index (χ0v) is 13.3. The van der Waals surface area contributed by atoms with Crippen molar-refractivity contribution in [3.63, 3.8) is 0 Å². The molecule has 110 valence electrons. The number of anilines is 1. The lowest BCUT2D eigenvalue weighted by molar-refractivity contribution is -0.385. The molecule has 0 bridgehead atoms. The summed E-state index contributed by atoms with van der Waals surface area (Å²) in [6.07, 6.45) is 0. The summed E-state index contributed by atoms with van der Waals surface area (Å²) in [6.45, 7) is 6.45. The summed E-state index contributed by atoms with van der Waals surface area (Å²) in [5, 5.41) is 16.6. The lowest BCUT2D eigenvalue weighted by atomic mass is 10.2. The van der Waals surface area contributed by atoms with E-state index in [0.717, 1.165) is 0 Å². The van der Waals surface area contributed by atoms with Crippen molar-refractivity contribution in [3.8, 4) is 0 Å². The molecule has 0 atom stereocenters. The Balaban J connectivity index is 2.67. The van der Waals surface area contributed by atoms with E-state index in [1.54, 1.807) is 13.0 Å². The molecule has 0 radical (unpaired) electrons. The molecule has 0 aliphatic rings. The fourth-order valence-electron chi connectivity index (χ4n) is 1.56. The number of halogens is 1. The van der Waals surface area contributed by atoms with Gasteiger partial charge in [-0.15, -0.1) is 0 Å². The number of carbonyl (C=O) groups excluding carboxylic acids is 1. The van der Waals surface area contributed by atoms with Crippen LogP contribution in [0, 0.1) is 23.0 Å². The van der Waals surface area contributed by atoms with Crippen molar-refractivity contribution < 1.29 is 9.72 Å². The van der Waals surface area contributed by atoms with E-state index in [0.29, 0.717) is 28.2 Å². The van der Waals surface area contributed by atoms with Gasteiger partial charge in [0.2, 0.25) is 5.91 Å². The third-order valence-corrected chi connectivity index (χ3v) is 3.29. The minimum absolute atomic E-state index is 0.0479. The number of carbonyl (C=O) groups is 1. The average molecular weight is 344 g/mol. The highest BCUT2D eigenvalue weighted by Gasteiger charge is 2.14. The predicted molar refractivity (Wildman–Crippen MR) is 81.9 cm³/mol. The minimum Gasteiger partial charge on any atom is -0.375 e. The monoisotopic (exact) mass is 343 g/mol. The number of benzene rings is 1. The van der Waals surface area contributed by atoms with Crippen molar-refractivity contribution in [1.29, 1.82) is 0 Å². The van der Waals surface area contributed by atoms with Crippen LogP contribution in [-0.4, -0.2) is 23.9 Å². The van der Waals surface area contributed by atoms with E-state index in [-0.39, 0.29) is 18.1 Å². The molecule has 2 N–H and O–H groups in total. The summed E-state index contributed by atoms with van der Waals surface area (Å²) in [7, 11) is 0. The smallest absolute Gasteiger partial charge is 0.273 e. The summed E-state index contributed by atoms with van der Waals surface area (Å²) in [4.78, 5) is 22.0. The van der Waals surface area contributed by atoms with Gasteiger partial charge in [-0.2, -0.15) is 0 Å². The molecule has 7 heteroatoms. The van der Waals surface area contributed by atoms with E-state index in [1.807, 2.05) is 13.8 Å². The first-order valence-electron chi connectivity index (χ1n) is 6.26. The van der Waals surface area contributed by atoms with E-state index in [4.69, 9.17) is 0 Å². The molecule has 6 nitrogen and oxygen atoms in total. The normalized spacial score (nSPS) is 10.4. The Morgan fingerprint density at radius 2 is 2.10 bits per heavy atom. The average Bonchev–Trinajstić information content (AvgIpc) is 2.36. The first-order chi connectivity index (χ1) is 9.31. The molecular formula is C13H18BrN3O3. The third kappa shape index (κ3) is 4.80. The maximum Gasteiger partial charge on any atom is 0.273 e. The van der Waals surface area contributed by atoms with Gasteiger partial charge in [0.15, 0.2) is 0 Å². The van der Waals surface area contributed by atoms with E-state index >= 15 is 0 Å². The number of nitrogens with zero attached hydrogens (tertiary/aromatic N) is 1. The van der Waals surface area contributed by atoms with E-state index in [2.05, 4.69) is 26.6 Å². The molecule has 1 amide bonds. The molecule has 0 aromatic heterocycles. The lowest BCUT2D eigenvalue weighted by Crippen LogP contribution is -2.32. The highest BCUT2D eigenvalue weighted by Crippen LogP contribution is 2.30. The minimum atomic E-state index is -0.431. The Morgan fingerprint density at radius 1 is 1.45 bits per heavy atom. The Bertz CT molecular complexity index is 518. The Kier molecular flexibility index (Phi) is 5.94. The first kappa shape index (κ1) is 16.4. The quantitative estimate of drug-likeness (QED) is 0.614. The summed E-state index contributed by atoms with van der Waals surface area (Å²) < 4.78 is 0.562. The van der Waals surface area contributed by atoms with Crippen LogP contribution in [0.4, 0.5) is 11.4 Å². The molecule has 0 aliphatic heterocycles. The van der Waals surface area contributed by atoms with E-state index < -0.39 is 4.92 Å². The van der Waals surface area contributed by atoms with Gasteiger partial charge in [0, 0.05) is 28.3 Å². The van der Waals surface area contributed by atoms with Crippen LogP contribution >= 0.6 is 15.9 Å². The maximum atomic E-state index is 11.6. The van der Waals surface area contributed by atoms with E-state index in [9.17, 15) is 14.9 Å². The zero-order chi connectivity index (χ0) is 15.3. The SMILES string of the molecule is Cc1cc(NCC(=O)NCC(C)C)c(Br)cc1[N+](=O)[O-]. The van der Waals surface area contributed by atoms with Gasteiger partial charge in [-0.1, -0.05) is 13.8 Å². The van der Waals surface area contributed by atoms with Crippen LogP contribution in [0.25, 0.3) is 0 Å². The fourth-order valence-corrected chi connectivity index (χ4v) is 2.03. The molecule has 0 heterocycles. The van der Waals surface area contributed by atoms with Crippen LogP contribution in [0.1, 0.15) is 19.4 Å². The number of hydrogen-bond donors (Lipinski definition) is 2. The first-order valence-corrected chi connectivity index (χ1v) is 7.05. The molecule has 20 heavy (non-hydrogen) atoms. The molecule has 0 spiro atoms. The zero-order valence-electron chi connectivity index (χ0n) is 11.7. The van der Waals surface area contributed by atoms with Crippen molar-refractivity contribution in [2.45, 2.75) is 20.8 Å². The molecular weight excluding hydrogens is 326 g/mol. The molecule has 0 aliphatic carbocycles. The number of nitro benzene ring substituents is 1. The molecule has 1 rings (SSSR count). The van der Waals surface area contributed by atoms with Crippen molar-refractivity contribution in [1.82, 2.24) is 5.32 Å². The van der Waals surface area contributed by atoms with Crippen LogP contribution in [0.2, 0.25) is 0 Å². The molecule has 0 saturated heterocycles. The number of rotatable bonds is 6. The summed E-state index contributed by atoms with van der Waals surface area (Å²) in [5.41, 5.74) is 1.25. The second-order valence-corrected chi connectivity index (χ2v) is 5.78. The largest absolute Gasteiger partial charge is 0.375 e. The molecule has 0 saturated carbocycles. The van der Waals surface area contributed by atoms with Crippen LogP contribution in [0.5, 0.6) is 0 Å². The predicted octanol–water partition coefficient (Wildman–Crippen LogP) is 2.85. The van der Waals surface area contributed by atoms with Crippen LogP contribution in [0.15, 0.2) is 16.6 Å². The van der Waals surface area contributed by atoms with Gasteiger partial charge in [0.1, 0.15) is 0 Å². The molecule has 1 aromatic rings. The number of amides is 1. The van der Waals surface area contributed by atoms with Gasteiger partial charge in [-0.05, 0) is 34.8 Å². The molecule has 0 unspecified atom stereocenters. The van der Waals surface area contributed by atoms with Crippen molar-refractivity contribution >= 4 is 33.2 Å². The Hall–Kier alpha value is -1.63. The highest BCUT2D eigenvalue weighted by molar-refractivity contribution is 9.10. The van der Waals surface area contributed by atoms with Crippen molar-refractivity contribution in [3.05, 3.63) is 32.3 Å². The van der Waals surface area contributed by atoms with Gasteiger partial charge < -0.3 is 10.6 Å². The van der Waals surface area contributed by atoms with Crippen molar-refractivity contribution in [2.24, 2.45) is 5.92 Å². The summed E-state index contributed by atoms with van der Waals surface area (Å²) >= 11 is 3.26. The van der Waals surface area contributed by atoms with Gasteiger partial charge in [-0.3, -0.25) is 14.9 Å². The van der Waals surface area contributed by atoms with Crippen LogP contribution < -0.4 is 10.6 Å². The van der Waals surface area contributed by atoms with Crippen LogP contribution in [-0.2, 0) is 4.79 Å². The maximum absolute atomic E-state index is 11.6. The number of nitro groups is 1. The van der Waals surface area contributed by atoms with Crippen LogP contribution in [0.3, 0.4) is 0 Å². The third-order valence-electron chi connectivity index (χ3n) is 2.63. The van der Waals surface area contributed by atoms with Gasteiger partial charge in [-0.25, -0.2) is 0 Å². The second kappa shape index (κ2) is 7.23. The number of nitrogens with one attached hydrogen (secondary N) is 2. The standard InChI is InChI=1S/C13H18BrN3O3/c1-8(2)6-16-13(18)7-15-11-4-9(3)12(17(19)20)5-10(11)14/h4-5,8,15H,6-7H2,1-3H3,(H,16,18). The van der Waals surface area contributed by atoms with E-state index in [1.165, 1.54) is 6.07 Å². The second-order valence-electron chi connectivity index (χ2n) is 4.93.